The molecule has 7 aromatic rings. The zero-order valence-corrected chi connectivity index (χ0v) is 34.6. The molecule has 0 saturated carbocycles. The van der Waals surface area contributed by atoms with Crippen LogP contribution in [0.4, 0.5) is 0 Å². The third kappa shape index (κ3) is 5.63. The first-order valence-electron chi connectivity index (χ1n) is 19.7. The Morgan fingerprint density at radius 2 is 0.821 bits per heavy atom. The maximum absolute atomic E-state index is 5.58. The molecule has 0 spiro atoms. The van der Waals surface area contributed by atoms with E-state index in [4.69, 9.17) is 29.9 Å². The van der Waals surface area contributed by atoms with Crippen LogP contribution < -0.4 is 0 Å². The van der Waals surface area contributed by atoms with Crippen LogP contribution >= 0.6 is 0 Å². The molecule has 2 aliphatic rings. The van der Waals surface area contributed by atoms with Crippen molar-refractivity contribution in [1.29, 1.82) is 0 Å². The van der Waals surface area contributed by atoms with Crippen LogP contribution in [0.5, 0.6) is 0 Å². The van der Waals surface area contributed by atoms with Crippen molar-refractivity contribution in [2.24, 2.45) is 0 Å². The molecule has 5 heterocycles. The fourth-order valence-corrected chi connectivity index (χ4v) is 8.64. The van der Waals surface area contributed by atoms with Gasteiger partial charge in [-0.2, -0.15) is 0 Å². The van der Waals surface area contributed by atoms with Crippen LogP contribution in [0.2, 0.25) is 0 Å². The number of rotatable bonds is 0. The van der Waals surface area contributed by atoms with Crippen molar-refractivity contribution in [3.05, 3.63) is 95.1 Å². The van der Waals surface area contributed by atoms with Crippen molar-refractivity contribution in [2.45, 2.75) is 105 Å². The lowest BCUT2D eigenvalue weighted by molar-refractivity contribution is 0.501. The summed E-state index contributed by atoms with van der Waals surface area (Å²) in [6.07, 6.45) is 0. The minimum atomic E-state index is -0.243. The van der Waals surface area contributed by atoms with Gasteiger partial charge in [-0.3, -0.25) is 0 Å². The Balaban J connectivity index is 1.57. The highest BCUT2D eigenvalue weighted by Gasteiger charge is 2.36. The molecule has 2 N–H and O–H groups in total. The van der Waals surface area contributed by atoms with E-state index in [1.165, 1.54) is 16.7 Å². The molecule has 9 rings (SSSR count). The van der Waals surface area contributed by atoms with E-state index in [0.29, 0.717) is 40.2 Å². The molecule has 8 nitrogen and oxygen atoms in total. The van der Waals surface area contributed by atoms with Gasteiger partial charge in [-0.05, 0) is 50.0 Å². The monoisotopic (exact) mass is 738 g/mol. The van der Waals surface area contributed by atoms with E-state index in [1.807, 2.05) is 24.3 Å². The summed E-state index contributed by atoms with van der Waals surface area (Å²) in [5.74, 6) is 2.44. The van der Waals surface area contributed by atoms with Gasteiger partial charge >= 0.3 is 0 Å². The zero-order valence-electron chi connectivity index (χ0n) is 34.6. The third-order valence-corrected chi connectivity index (χ3v) is 11.1. The lowest BCUT2D eigenvalue weighted by Gasteiger charge is -2.37. The number of fused-ring (bicyclic) bond motifs is 20. The second-order valence-electron chi connectivity index (χ2n) is 19.5. The highest BCUT2D eigenvalue weighted by molar-refractivity contribution is 6.09. The van der Waals surface area contributed by atoms with E-state index in [9.17, 15) is 0 Å². The molecule has 0 aliphatic carbocycles. The van der Waals surface area contributed by atoms with Crippen molar-refractivity contribution in [3.8, 4) is 45.6 Å². The van der Waals surface area contributed by atoms with Crippen LogP contribution in [0.1, 0.15) is 105 Å². The Bertz CT molecular complexity index is 2950. The molecule has 56 heavy (non-hydrogen) atoms. The van der Waals surface area contributed by atoms with Crippen LogP contribution in [-0.2, 0) is 21.7 Å². The number of nitrogens with one attached hydrogen (secondary N) is 2. The fourth-order valence-electron chi connectivity index (χ4n) is 8.64. The number of H-pyrrole nitrogens is 2. The molecule has 0 unspecified atom stereocenters. The lowest BCUT2D eigenvalue weighted by atomic mass is 9.67. The Morgan fingerprint density at radius 1 is 0.375 bits per heavy atom. The summed E-state index contributed by atoms with van der Waals surface area (Å²) < 4.78 is 0. The standard InChI is InChI=1S/C48H50N8/c1-45(2,3)31-23-17-22-29-33(31)43-54-41(29)52-39-27-20-15-13-18-25(27)37(50-39)49-38-26-19-14-16-21-28(26)40(51-38)53-42-30-24-32(46(4,5)6)35(47(7,8)9)36(48(10,11)12)34(30)44(55-42)56-43/h13-24H,1-12H3,(H2,49,50,51,52,53,54,55,56). The average Bonchev–Trinajstić information content (AvgIpc) is 3.84. The summed E-state index contributed by atoms with van der Waals surface area (Å²) in [5.41, 5.74) is 11.0. The largest absolute Gasteiger partial charge is 0.324 e. The van der Waals surface area contributed by atoms with E-state index in [0.717, 1.165) is 55.0 Å². The molecule has 282 valence electrons. The average molecular weight is 739 g/mol. The molecule has 0 saturated heterocycles. The van der Waals surface area contributed by atoms with Gasteiger partial charge in [-0.1, -0.05) is 150 Å². The second kappa shape index (κ2) is 11.9. The normalized spacial score (nSPS) is 13.4. The van der Waals surface area contributed by atoms with Crippen molar-refractivity contribution in [2.75, 3.05) is 0 Å². The molecule has 4 aromatic carbocycles. The first-order chi connectivity index (χ1) is 26.3. The number of benzene rings is 4. The number of hydrogen-bond acceptors (Lipinski definition) is 6. The van der Waals surface area contributed by atoms with Gasteiger partial charge in [0.25, 0.3) is 0 Å². The van der Waals surface area contributed by atoms with Gasteiger partial charge in [0, 0.05) is 43.8 Å². The summed E-state index contributed by atoms with van der Waals surface area (Å²) in [5, 5.41) is 3.98. The van der Waals surface area contributed by atoms with E-state index < -0.39 is 0 Å². The molecular formula is C48H50N8. The zero-order chi connectivity index (χ0) is 39.7. The van der Waals surface area contributed by atoms with Gasteiger partial charge < -0.3 is 9.97 Å². The fraction of sp³-hybridized carbons (Fsp3) is 0.333. The predicted octanol–water partition coefficient (Wildman–Crippen LogP) is 12.1. The molecule has 0 radical (unpaired) electrons. The summed E-state index contributed by atoms with van der Waals surface area (Å²) in [6, 6.07) is 25.2. The Morgan fingerprint density at radius 3 is 1.36 bits per heavy atom. The third-order valence-electron chi connectivity index (χ3n) is 11.1. The molecule has 8 bridgehead atoms. The highest BCUT2D eigenvalue weighted by atomic mass is 15.1. The van der Waals surface area contributed by atoms with Gasteiger partial charge in [0.2, 0.25) is 0 Å². The molecule has 0 amide bonds. The first-order valence-corrected chi connectivity index (χ1v) is 19.7. The second-order valence-corrected chi connectivity index (χ2v) is 19.5. The van der Waals surface area contributed by atoms with Crippen molar-refractivity contribution < 1.29 is 0 Å². The van der Waals surface area contributed by atoms with Crippen molar-refractivity contribution >= 4 is 44.1 Å². The maximum Gasteiger partial charge on any atom is 0.165 e. The van der Waals surface area contributed by atoms with Crippen LogP contribution in [0.3, 0.4) is 0 Å². The minimum absolute atomic E-state index is 0.145. The SMILES string of the molecule is CC(C)(C)c1cccc2c1-c1nc-2nc2[nH]c(nc3nc(nc4[nH]c(n1)c1c(C(C)(C)C)c(C(C)(C)C)c(C(C)(C)C)cc41)-c1ccccc1-3)c1ccccc21. The van der Waals surface area contributed by atoms with Gasteiger partial charge in [-0.15, -0.1) is 0 Å². The quantitative estimate of drug-likeness (QED) is 0.160. The number of aromatic amines is 2. The first kappa shape index (κ1) is 35.9. The van der Waals surface area contributed by atoms with E-state index in [2.05, 4.69) is 142 Å². The van der Waals surface area contributed by atoms with Crippen molar-refractivity contribution in [3.63, 3.8) is 0 Å². The Hall–Kier alpha value is -5.76. The van der Waals surface area contributed by atoms with Crippen LogP contribution in [-0.4, -0.2) is 39.9 Å². The molecule has 2 aliphatic heterocycles. The maximum atomic E-state index is 5.58. The van der Waals surface area contributed by atoms with Crippen molar-refractivity contribution in [1.82, 2.24) is 39.9 Å². The van der Waals surface area contributed by atoms with Crippen LogP contribution in [0.25, 0.3) is 89.7 Å². The number of hydrogen-bond donors (Lipinski definition) is 2. The highest BCUT2D eigenvalue weighted by Crippen LogP contribution is 2.48. The van der Waals surface area contributed by atoms with Crippen LogP contribution in [0.15, 0.2) is 72.8 Å². The minimum Gasteiger partial charge on any atom is -0.324 e. The molecular weight excluding hydrogens is 689 g/mol. The Labute approximate surface area is 328 Å². The molecule has 8 heteroatoms. The van der Waals surface area contributed by atoms with E-state index in [1.54, 1.807) is 0 Å². The molecule has 0 fully saturated rings. The lowest BCUT2D eigenvalue weighted by Crippen LogP contribution is -2.28. The molecule has 0 atom stereocenters. The predicted molar refractivity (Wildman–Crippen MR) is 231 cm³/mol. The Kier molecular flexibility index (Phi) is 7.61. The number of nitrogens with zero attached hydrogens (tertiary/aromatic N) is 6. The van der Waals surface area contributed by atoms with Crippen LogP contribution in [0, 0.1) is 0 Å². The summed E-state index contributed by atoms with van der Waals surface area (Å²) in [4.78, 5) is 39.2. The summed E-state index contributed by atoms with van der Waals surface area (Å²) in [6.45, 7) is 27.6. The smallest absolute Gasteiger partial charge is 0.165 e. The van der Waals surface area contributed by atoms with Gasteiger partial charge in [0.05, 0.1) is 0 Å². The summed E-state index contributed by atoms with van der Waals surface area (Å²) in [7, 11) is 0. The van der Waals surface area contributed by atoms with E-state index >= 15 is 0 Å². The van der Waals surface area contributed by atoms with E-state index in [-0.39, 0.29) is 21.7 Å². The molecule has 3 aromatic heterocycles. The van der Waals surface area contributed by atoms with Gasteiger partial charge in [-0.25, -0.2) is 29.9 Å². The summed E-state index contributed by atoms with van der Waals surface area (Å²) >= 11 is 0. The number of aromatic nitrogens is 8. The van der Waals surface area contributed by atoms with Gasteiger partial charge in [0.15, 0.2) is 23.3 Å². The topological polar surface area (TPSA) is 109 Å². The van der Waals surface area contributed by atoms with Gasteiger partial charge in [0.1, 0.15) is 22.6 Å².